The Labute approximate surface area is 202 Å². The minimum Gasteiger partial charge on any atom is -0.489 e. The molecule has 2 N–H and O–H groups in total. The molecule has 1 aliphatic rings. The van der Waals surface area contributed by atoms with E-state index in [1.165, 1.54) is 5.56 Å². The van der Waals surface area contributed by atoms with Crippen molar-refractivity contribution in [1.29, 1.82) is 0 Å². The Bertz CT molecular complexity index is 1020. The van der Waals surface area contributed by atoms with Gasteiger partial charge in [0.05, 0.1) is 0 Å². The summed E-state index contributed by atoms with van der Waals surface area (Å²) < 4.78 is 12.2. The molecule has 0 aromatic heterocycles. The molecule has 34 heavy (non-hydrogen) atoms. The van der Waals surface area contributed by atoms with Gasteiger partial charge >= 0.3 is 0 Å². The SMILES string of the molecule is CCCN1CCC(O)(Cc2ccc(C)cc2)C(Oc2ccc(OCc3ccccc3)cc2)C1O. The highest BCUT2D eigenvalue weighted by atomic mass is 16.5. The topological polar surface area (TPSA) is 62.2 Å². The number of aliphatic hydroxyl groups is 2. The maximum atomic E-state index is 11.7. The summed E-state index contributed by atoms with van der Waals surface area (Å²) in [6.07, 6.45) is 0.213. The first-order valence-corrected chi connectivity index (χ1v) is 12.1. The summed E-state index contributed by atoms with van der Waals surface area (Å²) in [6.45, 7) is 6.01. The van der Waals surface area contributed by atoms with E-state index in [1.54, 1.807) is 0 Å². The van der Waals surface area contributed by atoms with Gasteiger partial charge in [-0.2, -0.15) is 0 Å². The van der Waals surface area contributed by atoms with E-state index in [0.29, 0.717) is 31.7 Å². The first kappa shape index (κ1) is 24.3. The molecule has 180 valence electrons. The van der Waals surface area contributed by atoms with Crippen molar-refractivity contribution in [3.63, 3.8) is 0 Å². The number of aryl methyl sites for hydroxylation is 1. The predicted molar refractivity (Wildman–Crippen MR) is 134 cm³/mol. The predicted octanol–water partition coefficient (Wildman–Crippen LogP) is 4.73. The summed E-state index contributed by atoms with van der Waals surface area (Å²) in [5.74, 6) is 1.33. The fourth-order valence-electron chi connectivity index (χ4n) is 4.53. The molecule has 5 heteroatoms. The minimum atomic E-state index is -1.18. The van der Waals surface area contributed by atoms with Crippen LogP contribution in [-0.2, 0) is 13.0 Å². The minimum absolute atomic E-state index is 0.424. The zero-order valence-corrected chi connectivity index (χ0v) is 20.1. The van der Waals surface area contributed by atoms with E-state index < -0.39 is 17.9 Å². The van der Waals surface area contributed by atoms with Gasteiger partial charge in [0, 0.05) is 19.5 Å². The van der Waals surface area contributed by atoms with Crippen molar-refractivity contribution >= 4 is 0 Å². The lowest BCUT2D eigenvalue weighted by Crippen LogP contribution is -2.64. The molecule has 1 fully saturated rings. The molecule has 1 aliphatic heterocycles. The normalized spacial score (nSPS) is 22.9. The summed E-state index contributed by atoms with van der Waals surface area (Å²) in [5, 5.41) is 22.9. The number of likely N-dealkylation sites (tertiary alicyclic amines) is 1. The van der Waals surface area contributed by atoms with Gasteiger partial charge in [-0.25, -0.2) is 0 Å². The van der Waals surface area contributed by atoms with Crippen LogP contribution in [0.25, 0.3) is 0 Å². The summed E-state index contributed by atoms with van der Waals surface area (Å²) in [4.78, 5) is 1.99. The van der Waals surface area contributed by atoms with E-state index in [9.17, 15) is 10.2 Å². The van der Waals surface area contributed by atoms with Crippen molar-refractivity contribution in [3.8, 4) is 11.5 Å². The fourth-order valence-corrected chi connectivity index (χ4v) is 4.53. The van der Waals surface area contributed by atoms with Crippen LogP contribution in [0.4, 0.5) is 0 Å². The van der Waals surface area contributed by atoms with Crippen molar-refractivity contribution in [1.82, 2.24) is 4.90 Å². The third-order valence-corrected chi connectivity index (χ3v) is 6.48. The quantitative estimate of drug-likeness (QED) is 0.482. The van der Waals surface area contributed by atoms with Crippen molar-refractivity contribution < 1.29 is 19.7 Å². The highest BCUT2D eigenvalue weighted by molar-refractivity contribution is 5.32. The van der Waals surface area contributed by atoms with Gasteiger partial charge in [0.15, 0.2) is 6.10 Å². The highest BCUT2D eigenvalue weighted by Crippen LogP contribution is 2.34. The first-order valence-electron chi connectivity index (χ1n) is 12.1. The van der Waals surface area contributed by atoms with E-state index in [1.807, 2.05) is 90.7 Å². The molecule has 3 unspecified atom stereocenters. The lowest BCUT2D eigenvalue weighted by Gasteiger charge is -2.47. The van der Waals surface area contributed by atoms with Crippen molar-refractivity contribution in [2.45, 2.75) is 57.6 Å². The lowest BCUT2D eigenvalue weighted by atomic mass is 9.81. The third-order valence-electron chi connectivity index (χ3n) is 6.48. The number of hydrogen-bond donors (Lipinski definition) is 2. The molecule has 3 aromatic rings. The molecule has 0 bridgehead atoms. The standard InChI is InChI=1S/C29H35NO4/c1-3-18-30-19-17-29(32,20-23-11-9-22(2)10-12-23)27(28(30)31)34-26-15-13-25(14-16-26)33-21-24-7-5-4-6-8-24/h4-16,27-28,31-32H,3,17-21H2,1-2H3. The molecule has 1 heterocycles. The van der Waals surface area contributed by atoms with Gasteiger partial charge in [-0.05, 0) is 55.2 Å². The van der Waals surface area contributed by atoms with Crippen LogP contribution in [0.15, 0.2) is 78.9 Å². The van der Waals surface area contributed by atoms with Crippen LogP contribution in [0.1, 0.15) is 36.5 Å². The average Bonchev–Trinajstić information content (AvgIpc) is 2.85. The van der Waals surface area contributed by atoms with Crippen LogP contribution in [0.5, 0.6) is 11.5 Å². The Hall–Kier alpha value is -2.86. The van der Waals surface area contributed by atoms with Crippen LogP contribution < -0.4 is 9.47 Å². The number of aliphatic hydroxyl groups excluding tert-OH is 1. The van der Waals surface area contributed by atoms with Crippen LogP contribution in [-0.4, -0.2) is 46.1 Å². The Balaban J connectivity index is 1.48. The number of rotatable bonds is 9. The summed E-state index contributed by atoms with van der Waals surface area (Å²) >= 11 is 0. The third kappa shape index (κ3) is 5.98. The number of ether oxygens (including phenoxy) is 2. The van der Waals surface area contributed by atoms with Crippen LogP contribution >= 0.6 is 0 Å². The van der Waals surface area contributed by atoms with E-state index in [4.69, 9.17) is 9.47 Å². The molecule has 0 aliphatic carbocycles. The molecule has 3 atom stereocenters. The zero-order valence-electron chi connectivity index (χ0n) is 20.1. The van der Waals surface area contributed by atoms with Crippen LogP contribution in [0.3, 0.4) is 0 Å². The molecule has 0 radical (unpaired) electrons. The monoisotopic (exact) mass is 461 g/mol. The summed E-state index contributed by atoms with van der Waals surface area (Å²) in [5.41, 5.74) is 2.13. The smallest absolute Gasteiger partial charge is 0.167 e. The van der Waals surface area contributed by atoms with Gasteiger partial charge in [0.2, 0.25) is 0 Å². The lowest BCUT2D eigenvalue weighted by molar-refractivity contribution is -0.192. The van der Waals surface area contributed by atoms with E-state index >= 15 is 0 Å². The maximum Gasteiger partial charge on any atom is 0.167 e. The van der Waals surface area contributed by atoms with E-state index in [2.05, 4.69) is 6.92 Å². The Morgan fingerprint density at radius 2 is 1.59 bits per heavy atom. The average molecular weight is 462 g/mol. The number of nitrogens with zero attached hydrogens (tertiary/aromatic N) is 1. The second-order valence-corrected chi connectivity index (χ2v) is 9.25. The fraction of sp³-hybridized carbons (Fsp3) is 0.379. The van der Waals surface area contributed by atoms with E-state index in [-0.39, 0.29) is 0 Å². The Morgan fingerprint density at radius 1 is 0.912 bits per heavy atom. The molecular formula is C29H35NO4. The first-order chi connectivity index (χ1) is 16.5. The van der Waals surface area contributed by atoms with Crippen molar-refractivity contribution in [3.05, 3.63) is 95.6 Å². The molecular weight excluding hydrogens is 426 g/mol. The largest absolute Gasteiger partial charge is 0.489 e. The molecule has 1 saturated heterocycles. The van der Waals surface area contributed by atoms with Crippen molar-refractivity contribution in [2.24, 2.45) is 0 Å². The Morgan fingerprint density at radius 3 is 2.26 bits per heavy atom. The molecule has 0 amide bonds. The molecule has 5 nitrogen and oxygen atoms in total. The van der Waals surface area contributed by atoms with Crippen LogP contribution in [0.2, 0.25) is 0 Å². The second kappa shape index (κ2) is 11.0. The van der Waals surface area contributed by atoms with Gasteiger partial charge in [-0.15, -0.1) is 0 Å². The van der Waals surface area contributed by atoms with Gasteiger partial charge < -0.3 is 19.7 Å². The molecule has 4 rings (SSSR count). The summed E-state index contributed by atoms with van der Waals surface area (Å²) in [7, 11) is 0. The zero-order chi connectivity index (χ0) is 24.0. The van der Waals surface area contributed by atoms with Gasteiger partial charge in [-0.3, -0.25) is 4.90 Å². The summed E-state index contributed by atoms with van der Waals surface area (Å²) in [6, 6.07) is 25.6. The number of piperidine rings is 1. The van der Waals surface area contributed by atoms with Gasteiger partial charge in [-0.1, -0.05) is 67.1 Å². The van der Waals surface area contributed by atoms with E-state index in [0.717, 1.165) is 29.8 Å². The number of benzene rings is 3. The highest BCUT2D eigenvalue weighted by Gasteiger charge is 2.48. The number of hydrogen-bond acceptors (Lipinski definition) is 5. The van der Waals surface area contributed by atoms with Gasteiger partial charge in [0.1, 0.15) is 29.9 Å². The van der Waals surface area contributed by atoms with Crippen LogP contribution in [0, 0.1) is 6.92 Å². The molecule has 0 spiro atoms. The van der Waals surface area contributed by atoms with Gasteiger partial charge in [0.25, 0.3) is 0 Å². The maximum absolute atomic E-state index is 11.7. The molecule has 0 saturated carbocycles. The molecule has 3 aromatic carbocycles. The second-order valence-electron chi connectivity index (χ2n) is 9.25. The van der Waals surface area contributed by atoms with Crippen molar-refractivity contribution in [2.75, 3.05) is 13.1 Å². The Kier molecular flexibility index (Phi) is 7.88.